The van der Waals surface area contributed by atoms with Gasteiger partial charge in [0.05, 0.1) is 43.0 Å². The number of nitrogens with zero attached hydrogens (tertiary/aromatic N) is 6. The average Bonchev–Trinajstić information content (AvgIpc) is 3.37. The van der Waals surface area contributed by atoms with Crippen molar-refractivity contribution in [1.82, 2.24) is 24.9 Å². The van der Waals surface area contributed by atoms with Gasteiger partial charge < -0.3 is 19.3 Å². The fraction of sp³-hybridized carbons (Fsp3) is 0.375. The van der Waals surface area contributed by atoms with E-state index in [0.717, 1.165) is 38.0 Å². The van der Waals surface area contributed by atoms with Crippen LogP contribution in [0.5, 0.6) is 5.88 Å². The van der Waals surface area contributed by atoms with Crippen molar-refractivity contribution in [2.24, 2.45) is 0 Å². The quantitative estimate of drug-likeness (QED) is 0.515. The highest BCUT2D eigenvalue weighted by molar-refractivity contribution is 5.99. The molecule has 4 heterocycles. The van der Waals surface area contributed by atoms with E-state index in [4.69, 9.17) is 9.47 Å². The Hall–Kier alpha value is -3.95. The molecule has 0 bridgehead atoms. The monoisotopic (exact) mass is 462 g/mol. The molecule has 0 N–H and O–H groups in total. The third kappa shape index (κ3) is 4.18. The zero-order chi connectivity index (χ0) is 23.5. The maximum Gasteiger partial charge on any atom is 0.345 e. The Bertz CT molecular complexity index is 1180. The van der Waals surface area contributed by atoms with E-state index in [9.17, 15) is 9.59 Å². The largest absolute Gasteiger partial charge is 0.472 e. The summed E-state index contributed by atoms with van der Waals surface area (Å²) in [7, 11) is 1.35. The van der Waals surface area contributed by atoms with Crippen molar-refractivity contribution in [2.45, 2.75) is 25.4 Å². The first kappa shape index (κ1) is 21.9. The molecule has 2 aliphatic heterocycles. The van der Waals surface area contributed by atoms with Gasteiger partial charge in [-0.3, -0.25) is 4.79 Å². The molecule has 1 aromatic carbocycles. The lowest BCUT2D eigenvalue weighted by atomic mass is 10.1. The van der Waals surface area contributed by atoms with Gasteiger partial charge in [0.15, 0.2) is 0 Å². The second-order valence-electron chi connectivity index (χ2n) is 8.31. The van der Waals surface area contributed by atoms with E-state index in [1.807, 2.05) is 24.3 Å². The standard InChI is InChI=1S/C24H26N6O4/c1-33-24(32)21-20(28-14-5-15-28)9-10-25-22(21)34-17-6-4-13-29(16-17)23(31)18-7-2-3-8-19(18)30-26-11-12-27-30/h2-3,7-12,17H,4-6,13-16H2,1H3/t17-/m1/s1. The highest BCUT2D eigenvalue weighted by atomic mass is 16.5. The van der Waals surface area contributed by atoms with Crippen molar-refractivity contribution in [3.8, 4) is 11.6 Å². The molecule has 2 aromatic heterocycles. The average molecular weight is 463 g/mol. The first-order chi connectivity index (χ1) is 16.7. The molecule has 5 rings (SSSR count). The first-order valence-corrected chi connectivity index (χ1v) is 11.4. The van der Waals surface area contributed by atoms with E-state index in [1.165, 1.54) is 11.9 Å². The predicted molar refractivity (Wildman–Crippen MR) is 123 cm³/mol. The van der Waals surface area contributed by atoms with E-state index in [2.05, 4.69) is 20.1 Å². The smallest absolute Gasteiger partial charge is 0.345 e. The maximum absolute atomic E-state index is 13.4. The van der Waals surface area contributed by atoms with Gasteiger partial charge in [-0.1, -0.05) is 12.1 Å². The zero-order valence-electron chi connectivity index (χ0n) is 19.0. The van der Waals surface area contributed by atoms with Gasteiger partial charge in [-0.15, -0.1) is 0 Å². The highest BCUT2D eigenvalue weighted by Gasteiger charge is 2.31. The zero-order valence-corrected chi connectivity index (χ0v) is 19.0. The van der Waals surface area contributed by atoms with Crippen LogP contribution < -0.4 is 9.64 Å². The van der Waals surface area contributed by atoms with Crippen LogP contribution in [0.4, 0.5) is 5.69 Å². The number of likely N-dealkylation sites (tertiary alicyclic amines) is 1. The molecule has 176 valence electrons. The molecule has 34 heavy (non-hydrogen) atoms. The Balaban J connectivity index is 1.36. The van der Waals surface area contributed by atoms with Crippen molar-refractivity contribution in [2.75, 3.05) is 38.2 Å². The van der Waals surface area contributed by atoms with E-state index in [-0.39, 0.29) is 17.9 Å². The first-order valence-electron chi connectivity index (χ1n) is 11.4. The highest BCUT2D eigenvalue weighted by Crippen LogP contribution is 2.32. The third-order valence-electron chi connectivity index (χ3n) is 6.19. The van der Waals surface area contributed by atoms with Gasteiger partial charge in [0, 0.05) is 25.8 Å². The molecular weight excluding hydrogens is 436 g/mol. The molecule has 1 atom stereocenters. The van der Waals surface area contributed by atoms with Gasteiger partial charge in [0.25, 0.3) is 5.91 Å². The Labute approximate surface area is 197 Å². The second-order valence-corrected chi connectivity index (χ2v) is 8.31. The van der Waals surface area contributed by atoms with Gasteiger partial charge in [0.2, 0.25) is 5.88 Å². The second kappa shape index (κ2) is 9.50. The number of ether oxygens (including phenoxy) is 2. The normalized spacial score (nSPS) is 17.7. The van der Waals surface area contributed by atoms with Gasteiger partial charge in [-0.05, 0) is 37.5 Å². The van der Waals surface area contributed by atoms with Gasteiger partial charge in [-0.2, -0.15) is 15.0 Å². The minimum absolute atomic E-state index is 0.114. The number of hydrogen-bond acceptors (Lipinski definition) is 8. The molecule has 0 saturated carbocycles. The van der Waals surface area contributed by atoms with Crippen LogP contribution in [0.1, 0.15) is 40.0 Å². The summed E-state index contributed by atoms with van der Waals surface area (Å²) in [5.74, 6) is -0.345. The van der Waals surface area contributed by atoms with Crippen LogP contribution >= 0.6 is 0 Å². The number of esters is 1. The van der Waals surface area contributed by atoms with E-state index in [0.29, 0.717) is 29.9 Å². The summed E-state index contributed by atoms with van der Waals surface area (Å²) in [5, 5.41) is 8.34. The number of anilines is 1. The van der Waals surface area contributed by atoms with Crippen molar-refractivity contribution in [3.05, 3.63) is 60.0 Å². The number of amides is 1. The van der Waals surface area contributed by atoms with E-state index in [1.54, 1.807) is 29.6 Å². The summed E-state index contributed by atoms with van der Waals surface area (Å²) in [6.07, 6.45) is 7.11. The van der Waals surface area contributed by atoms with Crippen LogP contribution in [0.25, 0.3) is 5.69 Å². The lowest BCUT2D eigenvalue weighted by molar-refractivity contribution is 0.0498. The number of pyridine rings is 1. The summed E-state index contributed by atoms with van der Waals surface area (Å²) in [6, 6.07) is 9.09. The van der Waals surface area contributed by atoms with Crippen LogP contribution in [-0.4, -0.2) is 76.1 Å². The number of hydrogen-bond donors (Lipinski definition) is 0. The summed E-state index contributed by atoms with van der Waals surface area (Å²) in [5.41, 5.74) is 2.25. The van der Waals surface area contributed by atoms with Gasteiger partial charge in [0.1, 0.15) is 11.7 Å². The van der Waals surface area contributed by atoms with Crippen LogP contribution in [0.15, 0.2) is 48.9 Å². The molecule has 1 amide bonds. The van der Waals surface area contributed by atoms with Crippen LogP contribution in [0, 0.1) is 0 Å². The Morgan fingerprint density at radius 2 is 1.76 bits per heavy atom. The summed E-state index contributed by atoms with van der Waals surface area (Å²) in [4.78, 5) is 35.7. The van der Waals surface area contributed by atoms with Crippen LogP contribution in [0.3, 0.4) is 0 Å². The van der Waals surface area contributed by atoms with Crippen LogP contribution in [0.2, 0.25) is 0 Å². The SMILES string of the molecule is COC(=O)c1c(N2CCC2)ccnc1O[C@@H]1CCCN(C(=O)c2ccccc2-n2nccn2)C1. The molecule has 2 fully saturated rings. The summed E-state index contributed by atoms with van der Waals surface area (Å²) in [6.45, 7) is 2.76. The maximum atomic E-state index is 13.4. The van der Waals surface area contributed by atoms with E-state index < -0.39 is 5.97 Å². The molecule has 0 spiro atoms. The van der Waals surface area contributed by atoms with Gasteiger partial charge in [-0.25, -0.2) is 9.78 Å². The number of rotatable bonds is 6. The number of piperidine rings is 1. The number of methoxy groups -OCH3 is 1. The fourth-order valence-corrected chi connectivity index (χ4v) is 4.35. The summed E-state index contributed by atoms with van der Waals surface area (Å²) >= 11 is 0. The van der Waals surface area contributed by atoms with Crippen molar-refractivity contribution in [3.63, 3.8) is 0 Å². The van der Waals surface area contributed by atoms with E-state index >= 15 is 0 Å². The molecule has 10 heteroatoms. The Kier molecular flexibility index (Phi) is 6.11. The lowest BCUT2D eigenvalue weighted by Crippen LogP contribution is -2.45. The van der Waals surface area contributed by atoms with Crippen molar-refractivity contribution in [1.29, 1.82) is 0 Å². The molecule has 0 aliphatic carbocycles. The number of carbonyl (C=O) groups is 2. The van der Waals surface area contributed by atoms with Crippen LogP contribution in [-0.2, 0) is 4.74 Å². The van der Waals surface area contributed by atoms with Gasteiger partial charge >= 0.3 is 5.97 Å². The molecule has 2 aliphatic rings. The number of benzene rings is 1. The molecule has 3 aromatic rings. The minimum atomic E-state index is -0.477. The third-order valence-corrected chi connectivity index (χ3v) is 6.19. The molecule has 2 saturated heterocycles. The Morgan fingerprint density at radius 3 is 2.50 bits per heavy atom. The Morgan fingerprint density at radius 1 is 0.971 bits per heavy atom. The molecule has 10 nitrogen and oxygen atoms in total. The minimum Gasteiger partial charge on any atom is -0.472 e. The molecular formula is C24H26N6O4. The number of para-hydroxylation sites is 1. The van der Waals surface area contributed by atoms with Crippen molar-refractivity contribution < 1.29 is 19.1 Å². The number of carbonyl (C=O) groups excluding carboxylic acids is 2. The predicted octanol–water partition coefficient (Wildman–Crippen LogP) is 2.34. The fourth-order valence-electron chi connectivity index (χ4n) is 4.35. The lowest BCUT2D eigenvalue weighted by Gasteiger charge is -2.35. The molecule has 0 unspecified atom stereocenters. The molecule has 0 radical (unpaired) electrons. The topological polar surface area (TPSA) is 103 Å². The number of aromatic nitrogens is 4. The summed E-state index contributed by atoms with van der Waals surface area (Å²) < 4.78 is 11.3. The van der Waals surface area contributed by atoms with Crippen molar-refractivity contribution >= 4 is 17.6 Å².